The highest BCUT2D eigenvalue weighted by atomic mass is 32.1. The lowest BCUT2D eigenvalue weighted by molar-refractivity contribution is -0.111. The number of aryl methyl sites for hydroxylation is 1. The highest BCUT2D eigenvalue weighted by Gasteiger charge is 2.13. The third-order valence-electron chi connectivity index (χ3n) is 3.14. The molecule has 6 heteroatoms. The van der Waals surface area contributed by atoms with E-state index in [2.05, 4.69) is 12.2 Å². The molecule has 0 fully saturated rings. The van der Waals surface area contributed by atoms with Gasteiger partial charge in [-0.1, -0.05) is 19.1 Å². The number of nitrogens with two attached hydrogens (primary N) is 1. The molecule has 0 saturated heterocycles. The number of thiophene rings is 1. The van der Waals surface area contributed by atoms with Crippen molar-refractivity contribution in [1.29, 1.82) is 0 Å². The zero-order chi connectivity index (χ0) is 17.5. The summed E-state index contributed by atoms with van der Waals surface area (Å²) >= 11 is 1.32. The van der Waals surface area contributed by atoms with E-state index in [0.29, 0.717) is 17.2 Å². The van der Waals surface area contributed by atoms with E-state index in [0.717, 1.165) is 22.6 Å². The van der Waals surface area contributed by atoms with E-state index in [-0.39, 0.29) is 5.91 Å². The van der Waals surface area contributed by atoms with Crippen molar-refractivity contribution < 1.29 is 14.3 Å². The Morgan fingerprint density at radius 2 is 2.00 bits per heavy atom. The Hall–Kier alpha value is -2.60. The van der Waals surface area contributed by atoms with Gasteiger partial charge in [0.1, 0.15) is 10.8 Å². The number of rotatable bonds is 7. The first-order chi connectivity index (χ1) is 11.5. The van der Waals surface area contributed by atoms with Crippen molar-refractivity contribution in [2.45, 2.75) is 20.3 Å². The third kappa shape index (κ3) is 4.96. The lowest BCUT2D eigenvalue weighted by Crippen LogP contribution is -2.14. The van der Waals surface area contributed by atoms with Crippen molar-refractivity contribution in [3.63, 3.8) is 0 Å². The molecule has 0 aliphatic rings. The predicted octanol–water partition coefficient (Wildman–Crippen LogP) is 3.60. The number of nitrogens with one attached hydrogen (secondary N) is 1. The number of hydrogen-bond acceptors (Lipinski definition) is 4. The standard InChI is InChI=1S/C18H20N2O3S/c1-3-10-23-14-7-4-13(5-8-14)6-9-16(21)20-18-15(17(19)22)11-12(2)24-18/h4-9,11H,3,10H2,1-2H3,(H2,19,22)(H,20,21)/b9-6+. The molecule has 2 amide bonds. The molecule has 2 aromatic rings. The summed E-state index contributed by atoms with van der Waals surface area (Å²) in [5, 5.41) is 3.16. The summed E-state index contributed by atoms with van der Waals surface area (Å²) in [5.74, 6) is -0.0643. The summed E-state index contributed by atoms with van der Waals surface area (Å²) in [6, 6.07) is 9.14. The maximum absolute atomic E-state index is 12.0. The summed E-state index contributed by atoms with van der Waals surface area (Å²) in [7, 11) is 0. The van der Waals surface area contributed by atoms with Crippen molar-refractivity contribution in [3.8, 4) is 5.75 Å². The van der Waals surface area contributed by atoms with Crippen molar-refractivity contribution >= 4 is 34.2 Å². The lowest BCUT2D eigenvalue weighted by Gasteiger charge is -2.04. The molecule has 0 aliphatic carbocycles. The number of anilines is 1. The van der Waals surface area contributed by atoms with Crippen LogP contribution >= 0.6 is 11.3 Å². The molecule has 0 spiro atoms. The van der Waals surface area contributed by atoms with E-state index in [1.54, 1.807) is 12.1 Å². The molecule has 0 aliphatic heterocycles. The lowest BCUT2D eigenvalue weighted by atomic mass is 10.2. The first kappa shape index (κ1) is 17.7. The summed E-state index contributed by atoms with van der Waals surface area (Å²) in [6.45, 7) is 4.58. The molecule has 1 aromatic carbocycles. The second kappa shape index (κ2) is 8.31. The van der Waals surface area contributed by atoms with Crippen LogP contribution < -0.4 is 15.8 Å². The van der Waals surface area contributed by atoms with Gasteiger partial charge in [-0.3, -0.25) is 9.59 Å². The molecule has 0 unspecified atom stereocenters. The van der Waals surface area contributed by atoms with E-state index in [1.807, 2.05) is 31.2 Å². The SMILES string of the molecule is CCCOc1ccc(/C=C/C(=O)Nc2sc(C)cc2C(N)=O)cc1. The summed E-state index contributed by atoms with van der Waals surface area (Å²) in [6.07, 6.45) is 4.07. The molecule has 0 atom stereocenters. The smallest absolute Gasteiger partial charge is 0.251 e. The van der Waals surface area contributed by atoms with Gasteiger partial charge in [0.25, 0.3) is 5.91 Å². The second-order valence-electron chi connectivity index (χ2n) is 5.20. The van der Waals surface area contributed by atoms with Gasteiger partial charge < -0.3 is 15.8 Å². The van der Waals surface area contributed by atoms with Crippen LogP contribution in [-0.4, -0.2) is 18.4 Å². The zero-order valence-electron chi connectivity index (χ0n) is 13.7. The maximum atomic E-state index is 12.0. The van der Waals surface area contributed by atoms with Gasteiger partial charge in [0.15, 0.2) is 0 Å². The van der Waals surface area contributed by atoms with E-state index >= 15 is 0 Å². The highest BCUT2D eigenvalue weighted by Crippen LogP contribution is 2.27. The molecule has 24 heavy (non-hydrogen) atoms. The van der Waals surface area contributed by atoms with Crippen molar-refractivity contribution in [1.82, 2.24) is 0 Å². The molecule has 126 valence electrons. The third-order valence-corrected chi connectivity index (χ3v) is 4.10. The Kier molecular flexibility index (Phi) is 6.14. The van der Waals surface area contributed by atoms with Gasteiger partial charge in [0, 0.05) is 11.0 Å². The number of primary amides is 1. The van der Waals surface area contributed by atoms with E-state index in [1.165, 1.54) is 17.4 Å². The summed E-state index contributed by atoms with van der Waals surface area (Å²) < 4.78 is 5.51. The van der Waals surface area contributed by atoms with Crippen LogP contribution in [0, 0.1) is 6.92 Å². The molecule has 0 radical (unpaired) electrons. The number of hydrogen-bond donors (Lipinski definition) is 2. The average molecular weight is 344 g/mol. The van der Waals surface area contributed by atoms with Crippen LogP contribution in [-0.2, 0) is 4.79 Å². The minimum absolute atomic E-state index is 0.314. The fraction of sp³-hybridized carbons (Fsp3) is 0.222. The van der Waals surface area contributed by atoms with Crippen LogP contribution in [0.25, 0.3) is 6.08 Å². The molecule has 0 saturated carbocycles. The Bertz CT molecular complexity index is 748. The summed E-state index contributed by atoms with van der Waals surface area (Å²) in [4.78, 5) is 24.3. The number of carbonyl (C=O) groups excluding carboxylic acids is 2. The van der Waals surface area contributed by atoms with Gasteiger partial charge in [-0.05, 0) is 43.2 Å². The van der Waals surface area contributed by atoms with E-state index < -0.39 is 5.91 Å². The van der Waals surface area contributed by atoms with Crippen molar-refractivity contribution in [2.24, 2.45) is 5.73 Å². The van der Waals surface area contributed by atoms with Crippen LogP contribution in [0.5, 0.6) is 5.75 Å². The second-order valence-corrected chi connectivity index (χ2v) is 6.46. The van der Waals surface area contributed by atoms with Crippen LogP contribution in [0.4, 0.5) is 5.00 Å². The Morgan fingerprint density at radius 1 is 1.29 bits per heavy atom. The number of benzene rings is 1. The molecular weight excluding hydrogens is 324 g/mol. The monoisotopic (exact) mass is 344 g/mol. The van der Waals surface area contributed by atoms with Crippen LogP contribution in [0.1, 0.15) is 34.1 Å². The predicted molar refractivity (Wildman–Crippen MR) is 97.5 cm³/mol. The number of carbonyl (C=O) groups is 2. The van der Waals surface area contributed by atoms with Crippen LogP contribution in [0.15, 0.2) is 36.4 Å². The van der Waals surface area contributed by atoms with Crippen LogP contribution in [0.3, 0.4) is 0 Å². The normalized spacial score (nSPS) is 10.8. The molecule has 0 bridgehead atoms. The van der Waals surface area contributed by atoms with Gasteiger partial charge in [0.05, 0.1) is 12.2 Å². The Labute approximate surface area is 145 Å². The van der Waals surface area contributed by atoms with E-state index in [9.17, 15) is 9.59 Å². The molecular formula is C18H20N2O3S. The number of amides is 2. The quantitative estimate of drug-likeness (QED) is 0.753. The van der Waals surface area contributed by atoms with Gasteiger partial charge in [-0.2, -0.15) is 0 Å². The minimum atomic E-state index is -0.554. The molecule has 1 heterocycles. The highest BCUT2D eigenvalue weighted by molar-refractivity contribution is 7.16. The molecule has 1 aromatic heterocycles. The van der Waals surface area contributed by atoms with Gasteiger partial charge in [-0.25, -0.2) is 0 Å². The summed E-state index contributed by atoms with van der Waals surface area (Å²) in [5.41, 5.74) is 6.52. The fourth-order valence-corrected chi connectivity index (χ4v) is 2.93. The molecule has 2 rings (SSSR count). The van der Waals surface area contributed by atoms with E-state index in [4.69, 9.17) is 10.5 Å². The minimum Gasteiger partial charge on any atom is -0.494 e. The molecule has 5 nitrogen and oxygen atoms in total. The van der Waals surface area contributed by atoms with Gasteiger partial charge >= 0.3 is 0 Å². The first-order valence-corrected chi connectivity index (χ1v) is 8.43. The van der Waals surface area contributed by atoms with Crippen molar-refractivity contribution in [2.75, 3.05) is 11.9 Å². The Balaban J connectivity index is 1.99. The average Bonchev–Trinajstić information content (AvgIpc) is 2.92. The Morgan fingerprint density at radius 3 is 2.62 bits per heavy atom. The van der Waals surface area contributed by atoms with Crippen molar-refractivity contribution in [3.05, 3.63) is 52.4 Å². The zero-order valence-corrected chi connectivity index (χ0v) is 14.5. The fourth-order valence-electron chi connectivity index (χ4n) is 2.01. The first-order valence-electron chi connectivity index (χ1n) is 7.61. The van der Waals surface area contributed by atoms with Gasteiger partial charge in [0.2, 0.25) is 5.91 Å². The number of ether oxygens (including phenoxy) is 1. The topological polar surface area (TPSA) is 81.4 Å². The largest absolute Gasteiger partial charge is 0.494 e. The van der Waals surface area contributed by atoms with Gasteiger partial charge in [-0.15, -0.1) is 11.3 Å². The molecule has 3 N–H and O–H groups in total. The maximum Gasteiger partial charge on any atom is 0.251 e. The van der Waals surface area contributed by atoms with Crippen LogP contribution in [0.2, 0.25) is 0 Å².